The number of nitrogens with zero attached hydrogens (tertiary/aromatic N) is 3. The van der Waals surface area contributed by atoms with Crippen LogP contribution in [0.3, 0.4) is 0 Å². The first kappa shape index (κ1) is 24.2. The molecular weight excluding hydrogens is 456 g/mol. The van der Waals surface area contributed by atoms with E-state index in [-0.39, 0.29) is 36.1 Å². The molecule has 7 nitrogen and oxygen atoms in total. The molecule has 0 spiro atoms. The molecule has 180 valence electrons. The Bertz CT molecular complexity index is 1390. The maximum Gasteiger partial charge on any atom is 0.309 e. The Hall–Kier alpha value is -3.98. The predicted octanol–water partition coefficient (Wildman–Crippen LogP) is 3.82. The first-order chi connectivity index (χ1) is 16.8. The van der Waals surface area contributed by atoms with E-state index in [0.29, 0.717) is 6.42 Å². The number of rotatable bonds is 9. The summed E-state index contributed by atoms with van der Waals surface area (Å²) in [5.41, 5.74) is 2.11. The van der Waals surface area contributed by atoms with E-state index in [1.54, 1.807) is 12.1 Å². The van der Waals surface area contributed by atoms with E-state index in [4.69, 9.17) is 0 Å². The molecule has 0 fully saturated rings. The number of aliphatic carboxylic acids is 1. The van der Waals surface area contributed by atoms with E-state index >= 15 is 0 Å². The second-order valence-corrected chi connectivity index (χ2v) is 8.29. The molecule has 1 unspecified atom stereocenters. The summed E-state index contributed by atoms with van der Waals surface area (Å²) in [4.78, 5) is 24.3. The number of benzene rings is 3. The second-order valence-electron chi connectivity index (χ2n) is 8.29. The van der Waals surface area contributed by atoms with Gasteiger partial charge in [0.1, 0.15) is 22.5 Å². The number of aliphatic hydroxyl groups is 1. The third kappa shape index (κ3) is 5.58. The number of carboxylic acids is 1. The molecular formula is C26H23F2N3O4. The van der Waals surface area contributed by atoms with Crippen molar-refractivity contribution in [2.75, 3.05) is 0 Å². The fourth-order valence-corrected chi connectivity index (χ4v) is 3.99. The van der Waals surface area contributed by atoms with Gasteiger partial charge in [-0.25, -0.2) is 13.5 Å². The summed E-state index contributed by atoms with van der Waals surface area (Å²) in [6.45, 7) is -0.128. The molecule has 0 aliphatic carbocycles. The van der Waals surface area contributed by atoms with Crippen molar-refractivity contribution in [3.05, 3.63) is 94.3 Å². The molecule has 1 heterocycles. The van der Waals surface area contributed by atoms with Crippen molar-refractivity contribution in [3.8, 4) is 11.1 Å². The molecule has 0 saturated heterocycles. The van der Waals surface area contributed by atoms with Crippen molar-refractivity contribution < 1.29 is 23.8 Å². The molecule has 3 aromatic carbocycles. The first-order valence-electron chi connectivity index (χ1n) is 11.1. The van der Waals surface area contributed by atoms with Gasteiger partial charge in [-0.3, -0.25) is 9.59 Å². The second kappa shape index (κ2) is 10.5. The molecule has 9 heteroatoms. The Morgan fingerprint density at radius 2 is 1.60 bits per heavy atom. The van der Waals surface area contributed by atoms with Gasteiger partial charge in [-0.1, -0.05) is 47.7 Å². The monoisotopic (exact) mass is 479 g/mol. The smallest absolute Gasteiger partial charge is 0.309 e. The lowest BCUT2D eigenvalue weighted by Crippen LogP contribution is -2.32. The molecule has 0 radical (unpaired) electrons. The number of hydrogen-bond acceptors (Lipinski definition) is 5. The maximum atomic E-state index is 14.1. The number of carboxylic acid groups (broad SMARTS) is 1. The van der Waals surface area contributed by atoms with Gasteiger partial charge >= 0.3 is 5.97 Å². The molecule has 35 heavy (non-hydrogen) atoms. The van der Waals surface area contributed by atoms with Crippen LogP contribution in [0.25, 0.3) is 22.0 Å². The van der Waals surface area contributed by atoms with Gasteiger partial charge in [-0.15, -0.1) is 5.10 Å². The SMILES string of the molecule is O=C(O)C(CCn1nnc2cccc(F)c2c1=O)[C@H](O)CCc1ccc(-c2ccc(F)cc2)cc1. The molecule has 0 bridgehead atoms. The lowest BCUT2D eigenvalue weighted by Gasteiger charge is -2.19. The van der Waals surface area contributed by atoms with Gasteiger partial charge in [0.25, 0.3) is 5.56 Å². The van der Waals surface area contributed by atoms with Gasteiger partial charge in [-0.2, -0.15) is 0 Å². The van der Waals surface area contributed by atoms with E-state index in [9.17, 15) is 28.6 Å². The Morgan fingerprint density at radius 3 is 2.26 bits per heavy atom. The molecule has 1 aromatic heterocycles. The summed E-state index contributed by atoms with van der Waals surface area (Å²) >= 11 is 0. The number of aliphatic hydroxyl groups excluding tert-OH is 1. The van der Waals surface area contributed by atoms with Gasteiger partial charge in [0.2, 0.25) is 0 Å². The minimum Gasteiger partial charge on any atom is -0.481 e. The maximum absolute atomic E-state index is 14.1. The number of fused-ring (bicyclic) bond motifs is 1. The van der Waals surface area contributed by atoms with Gasteiger partial charge < -0.3 is 10.2 Å². The van der Waals surface area contributed by atoms with Crippen molar-refractivity contribution in [3.63, 3.8) is 0 Å². The van der Waals surface area contributed by atoms with Crippen LogP contribution in [0.5, 0.6) is 0 Å². The topological polar surface area (TPSA) is 105 Å². The Kier molecular flexibility index (Phi) is 7.26. The minimum atomic E-state index is -1.20. The highest BCUT2D eigenvalue weighted by Crippen LogP contribution is 2.22. The Morgan fingerprint density at radius 1 is 0.943 bits per heavy atom. The quantitative estimate of drug-likeness (QED) is 0.378. The predicted molar refractivity (Wildman–Crippen MR) is 126 cm³/mol. The van der Waals surface area contributed by atoms with E-state index in [1.807, 2.05) is 24.3 Å². The largest absolute Gasteiger partial charge is 0.481 e. The number of aryl methyl sites for hydroxylation is 2. The summed E-state index contributed by atoms with van der Waals surface area (Å²) < 4.78 is 28.1. The van der Waals surface area contributed by atoms with Gasteiger partial charge in [-0.05, 0) is 60.2 Å². The van der Waals surface area contributed by atoms with Crippen LogP contribution in [0.2, 0.25) is 0 Å². The number of aromatic nitrogens is 3. The standard InChI is InChI=1S/C26H23F2N3O4/c27-19-11-9-18(10-12-19)17-7-4-16(5-8-17)6-13-23(32)20(26(34)35)14-15-31-25(33)24-21(28)2-1-3-22(24)29-30-31/h1-5,7-12,20,23,32H,6,13-15H2,(H,34,35)/t20?,23-/m1/s1. The summed E-state index contributed by atoms with van der Waals surface area (Å²) in [6.07, 6.45) is -0.602. The molecule has 0 amide bonds. The fourth-order valence-electron chi connectivity index (χ4n) is 3.99. The summed E-state index contributed by atoms with van der Waals surface area (Å²) in [6, 6.07) is 17.7. The van der Waals surface area contributed by atoms with E-state index in [2.05, 4.69) is 10.3 Å². The number of halogens is 2. The van der Waals surface area contributed by atoms with E-state index in [0.717, 1.165) is 27.4 Å². The van der Waals surface area contributed by atoms with Gasteiger partial charge in [0, 0.05) is 6.54 Å². The van der Waals surface area contributed by atoms with E-state index in [1.165, 1.54) is 24.3 Å². The van der Waals surface area contributed by atoms with E-state index < -0.39 is 29.4 Å². The van der Waals surface area contributed by atoms with Gasteiger partial charge in [0.15, 0.2) is 0 Å². The van der Waals surface area contributed by atoms with Crippen LogP contribution in [-0.2, 0) is 17.8 Å². The lowest BCUT2D eigenvalue weighted by atomic mass is 9.93. The van der Waals surface area contributed by atoms with Crippen LogP contribution in [0.4, 0.5) is 8.78 Å². The normalized spacial score (nSPS) is 13.0. The summed E-state index contributed by atoms with van der Waals surface area (Å²) in [5.74, 6) is -3.37. The molecule has 2 N–H and O–H groups in total. The van der Waals surface area contributed by atoms with Crippen molar-refractivity contribution in [2.24, 2.45) is 5.92 Å². The number of hydrogen-bond donors (Lipinski definition) is 2. The Labute approximate surface area is 199 Å². The van der Waals surface area contributed by atoms with Crippen molar-refractivity contribution in [2.45, 2.75) is 31.9 Å². The van der Waals surface area contributed by atoms with Crippen LogP contribution < -0.4 is 5.56 Å². The highest BCUT2D eigenvalue weighted by atomic mass is 19.1. The highest BCUT2D eigenvalue weighted by molar-refractivity contribution is 5.77. The zero-order chi connectivity index (χ0) is 24.9. The third-order valence-electron chi connectivity index (χ3n) is 5.99. The minimum absolute atomic E-state index is 0.0749. The van der Waals surface area contributed by atoms with Gasteiger partial charge in [0.05, 0.1) is 12.0 Å². The summed E-state index contributed by atoms with van der Waals surface area (Å²) in [7, 11) is 0. The average molecular weight is 479 g/mol. The van der Waals surface area contributed by atoms with Crippen LogP contribution in [0.15, 0.2) is 71.5 Å². The molecule has 0 aliphatic rings. The Balaban J connectivity index is 1.39. The zero-order valence-electron chi connectivity index (χ0n) is 18.6. The summed E-state index contributed by atoms with van der Waals surface area (Å²) in [5, 5.41) is 27.6. The van der Waals surface area contributed by atoms with Crippen LogP contribution >= 0.6 is 0 Å². The molecule has 0 aliphatic heterocycles. The van der Waals surface area contributed by atoms with Crippen molar-refractivity contribution in [1.29, 1.82) is 0 Å². The molecule has 0 saturated carbocycles. The van der Waals surface area contributed by atoms with Crippen LogP contribution in [0.1, 0.15) is 18.4 Å². The first-order valence-corrected chi connectivity index (χ1v) is 11.1. The van der Waals surface area contributed by atoms with Crippen LogP contribution in [0, 0.1) is 17.6 Å². The van der Waals surface area contributed by atoms with Crippen molar-refractivity contribution in [1.82, 2.24) is 15.0 Å². The lowest BCUT2D eigenvalue weighted by molar-refractivity contribution is -0.146. The molecule has 2 atom stereocenters. The third-order valence-corrected chi connectivity index (χ3v) is 5.99. The van der Waals surface area contributed by atoms with Crippen molar-refractivity contribution >= 4 is 16.9 Å². The highest BCUT2D eigenvalue weighted by Gasteiger charge is 2.26. The average Bonchev–Trinajstić information content (AvgIpc) is 2.85. The number of carbonyl (C=O) groups is 1. The van der Waals surface area contributed by atoms with Crippen LogP contribution in [-0.4, -0.2) is 37.3 Å². The molecule has 4 rings (SSSR count). The molecule has 4 aromatic rings. The fraction of sp³-hybridized carbons (Fsp3) is 0.231. The zero-order valence-corrected chi connectivity index (χ0v) is 18.6.